The van der Waals surface area contributed by atoms with Gasteiger partial charge < -0.3 is 15.3 Å². The quantitative estimate of drug-likeness (QED) is 0.438. The van der Waals surface area contributed by atoms with Gasteiger partial charge in [0.05, 0.1) is 21.3 Å². The Morgan fingerprint density at radius 2 is 1.84 bits per heavy atom. The number of fused-ring (bicyclic) bond motifs is 1. The second kappa shape index (κ2) is 11.1. The number of benzene rings is 2. The van der Waals surface area contributed by atoms with E-state index in [4.69, 9.17) is 34.8 Å². The van der Waals surface area contributed by atoms with Crippen molar-refractivity contribution in [1.82, 2.24) is 25.2 Å². The molecule has 37 heavy (non-hydrogen) atoms. The number of halogens is 3. The number of rotatable bonds is 7. The van der Waals surface area contributed by atoms with Crippen molar-refractivity contribution in [2.45, 2.75) is 45.3 Å². The highest BCUT2D eigenvalue weighted by molar-refractivity contribution is 6.40. The minimum Gasteiger partial charge on any atom is -0.480 e. The van der Waals surface area contributed by atoms with Gasteiger partial charge in [0, 0.05) is 42.3 Å². The Labute approximate surface area is 228 Å². The molecule has 9 nitrogen and oxygen atoms in total. The molecule has 2 aromatic carbocycles. The first-order chi connectivity index (χ1) is 17.5. The van der Waals surface area contributed by atoms with Crippen molar-refractivity contribution in [1.29, 1.82) is 0 Å². The summed E-state index contributed by atoms with van der Waals surface area (Å²) in [5.41, 5.74) is 2.35. The predicted octanol–water partition coefficient (Wildman–Crippen LogP) is 4.44. The van der Waals surface area contributed by atoms with Gasteiger partial charge in [-0.2, -0.15) is 0 Å². The number of amides is 2. The van der Waals surface area contributed by atoms with Gasteiger partial charge in [-0.3, -0.25) is 9.59 Å². The molecule has 0 fully saturated rings. The molecule has 2 heterocycles. The Kier molecular flexibility index (Phi) is 8.06. The van der Waals surface area contributed by atoms with E-state index in [1.165, 1.54) is 0 Å². The molecule has 0 radical (unpaired) electrons. The smallest absolute Gasteiger partial charge is 0.326 e. The molecule has 4 rings (SSSR count). The Morgan fingerprint density at radius 1 is 1.14 bits per heavy atom. The van der Waals surface area contributed by atoms with Crippen molar-refractivity contribution < 1.29 is 19.5 Å². The summed E-state index contributed by atoms with van der Waals surface area (Å²) in [4.78, 5) is 39.6. The van der Waals surface area contributed by atoms with Crippen LogP contribution in [0.15, 0.2) is 36.5 Å². The third kappa shape index (κ3) is 5.89. The molecular formula is C25H24Cl3N5O4. The highest BCUT2D eigenvalue weighted by atomic mass is 35.5. The minimum atomic E-state index is -1.26. The van der Waals surface area contributed by atoms with Crippen LogP contribution < -0.4 is 5.32 Å². The van der Waals surface area contributed by atoms with Crippen LogP contribution in [-0.4, -0.2) is 55.4 Å². The second-order valence-corrected chi connectivity index (χ2v) is 10.2. The second-order valence-electron chi connectivity index (χ2n) is 9.02. The number of carbonyl (C=O) groups is 3. The molecule has 0 aliphatic carbocycles. The number of hydrogen-bond acceptors (Lipinski definition) is 5. The topological polar surface area (TPSA) is 117 Å². The first-order valence-corrected chi connectivity index (χ1v) is 12.7. The van der Waals surface area contributed by atoms with E-state index in [-0.39, 0.29) is 40.5 Å². The first-order valence-electron chi connectivity index (χ1n) is 11.5. The lowest BCUT2D eigenvalue weighted by Gasteiger charge is -2.30. The van der Waals surface area contributed by atoms with Crippen LogP contribution in [0.25, 0.3) is 0 Å². The molecule has 1 atom stereocenters. The lowest BCUT2D eigenvalue weighted by molar-refractivity contribution is -0.139. The summed E-state index contributed by atoms with van der Waals surface area (Å²) in [6.07, 6.45) is 1.99. The molecule has 2 N–H and O–H groups in total. The normalized spacial score (nSPS) is 13.8. The number of hydrogen-bond donors (Lipinski definition) is 2. The molecule has 3 aromatic rings. The zero-order valence-corrected chi connectivity index (χ0v) is 22.3. The third-order valence-corrected chi connectivity index (χ3v) is 7.08. The van der Waals surface area contributed by atoms with Gasteiger partial charge in [-0.05, 0) is 61.7 Å². The van der Waals surface area contributed by atoms with Crippen molar-refractivity contribution in [2.75, 3.05) is 6.54 Å². The molecule has 1 aliphatic rings. The molecule has 0 spiro atoms. The summed E-state index contributed by atoms with van der Waals surface area (Å²) in [7, 11) is 0. The number of aromatic nitrogens is 3. The van der Waals surface area contributed by atoms with Gasteiger partial charge in [-0.25, -0.2) is 9.48 Å². The molecule has 0 unspecified atom stereocenters. The van der Waals surface area contributed by atoms with Gasteiger partial charge in [0.2, 0.25) is 0 Å². The Bertz CT molecular complexity index is 1360. The summed E-state index contributed by atoms with van der Waals surface area (Å²) >= 11 is 19.0. The van der Waals surface area contributed by atoms with E-state index < -0.39 is 17.9 Å². The fraction of sp³-hybridized carbons (Fsp3) is 0.320. The summed E-state index contributed by atoms with van der Waals surface area (Å²) in [5, 5.41) is 20.9. The Balaban J connectivity index is 1.52. The average molecular weight is 565 g/mol. The maximum atomic E-state index is 13.1. The predicted molar refractivity (Wildman–Crippen MR) is 139 cm³/mol. The van der Waals surface area contributed by atoms with E-state index >= 15 is 0 Å². The number of nitrogens with one attached hydrogen (secondary N) is 1. The zero-order valence-electron chi connectivity index (χ0n) is 20.0. The van der Waals surface area contributed by atoms with Gasteiger partial charge in [0.15, 0.2) is 0 Å². The van der Waals surface area contributed by atoms with Gasteiger partial charge >= 0.3 is 5.97 Å². The maximum absolute atomic E-state index is 13.1. The van der Waals surface area contributed by atoms with Crippen LogP contribution in [0.5, 0.6) is 0 Å². The van der Waals surface area contributed by atoms with Crippen molar-refractivity contribution >= 4 is 52.6 Å². The van der Waals surface area contributed by atoms with E-state index in [1.54, 1.807) is 46.1 Å². The monoisotopic (exact) mass is 563 g/mol. The molecular weight excluding hydrogens is 541 g/mol. The van der Waals surface area contributed by atoms with Crippen molar-refractivity contribution in [2.24, 2.45) is 0 Å². The van der Waals surface area contributed by atoms with Crippen LogP contribution in [0.4, 0.5) is 0 Å². The largest absolute Gasteiger partial charge is 0.480 e. The van der Waals surface area contributed by atoms with Crippen molar-refractivity contribution in [3.8, 4) is 0 Å². The van der Waals surface area contributed by atoms with Crippen LogP contribution in [0.2, 0.25) is 15.1 Å². The first kappa shape index (κ1) is 26.9. The van der Waals surface area contributed by atoms with Gasteiger partial charge in [0.1, 0.15) is 6.04 Å². The molecule has 0 saturated heterocycles. The highest BCUT2D eigenvalue weighted by Gasteiger charge is 2.30. The van der Waals surface area contributed by atoms with E-state index in [0.29, 0.717) is 34.8 Å². The van der Waals surface area contributed by atoms with E-state index in [1.807, 2.05) is 13.8 Å². The van der Waals surface area contributed by atoms with Gasteiger partial charge in [-0.1, -0.05) is 40.0 Å². The highest BCUT2D eigenvalue weighted by Crippen LogP contribution is 2.35. The van der Waals surface area contributed by atoms with Crippen LogP contribution >= 0.6 is 34.8 Å². The molecule has 0 saturated carbocycles. The number of carboxylic acid groups (broad SMARTS) is 1. The lowest BCUT2D eigenvalue weighted by atomic mass is 9.95. The fourth-order valence-corrected chi connectivity index (χ4v) is 5.00. The summed E-state index contributed by atoms with van der Waals surface area (Å²) < 4.78 is 1.61. The third-order valence-electron chi connectivity index (χ3n) is 6.11. The number of aliphatic carboxylic acids is 1. The summed E-state index contributed by atoms with van der Waals surface area (Å²) in [5.74, 6) is -2.09. The standard InChI is InChI=1S/C25H24Cl3N5O4/c1-13(2)33-12-17(30-31-33)10-20(25(36)37)29-23(34)21-19(27)9-15-11-32(8-7-18(15)22(21)28)24(35)14-3-5-16(26)6-4-14/h3-6,9,12-13,20H,7-8,10-11H2,1-2H3,(H,29,34)(H,36,37)/t20-/m0/s1. The van der Waals surface area contributed by atoms with E-state index in [0.717, 1.165) is 5.56 Å². The Hall–Kier alpha value is -3.14. The zero-order chi connectivity index (χ0) is 26.9. The molecule has 194 valence electrons. The fourth-order valence-electron chi connectivity index (χ4n) is 4.11. The summed E-state index contributed by atoms with van der Waals surface area (Å²) in [6.45, 7) is 4.49. The SMILES string of the molecule is CC(C)n1cc(C[C@H](NC(=O)c2c(Cl)cc3c(c2Cl)CCN(C(=O)c2ccc(Cl)cc2)C3)C(=O)O)nn1. The van der Waals surface area contributed by atoms with Crippen molar-refractivity contribution in [3.63, 3.8) is 0 Å². The maximum Gasteiger partial charge on any atom is 0.326 e. The van der Waals surface area contributed by atoms with Gasteiger partial charge in [0.25, 0.3) is 11.8 Å². The van der Waals surface area contributed by atoms with Crippen LogP contribution in [0, 0.1) is 0 Å². The minimum absolute atomic E-state index is 0.00311. The molecule has 1 aromatic heterocycles. The van der Waals surface area contributed by atoms with Crippen LogP contribution in [0.1, 0.15) is 57.4 Å². The van der Waals surface area contributed by atoms with Gasteiger partial charge in [-0.15, -0.1) is 5.10 Å². The Morgan fingerprint density at radius 3 is 2.46 bits per heavy atom. The molecule has 0 bridgehead atoms. The molecule has 2 amide bonds. The van der Waals surface area contributed by atoms with Crippen LogP contribution in [0.3, 0.4) is 0 Å². The van der Waals surface area contributed by atoms with E-state index in [2.05, 4.69) is 15.6 Å². The number of carbonyl (C=O) groups excluding carboxylic acids is 2. The number of nitrogens with zero attached hydrogens (tertiary/aromatic N) is 4. The molecule has 1 aliphatic heterocycles. The van der Waals surface area contributed by atoms with Crippen LogP contribution in [-0.2, 0) is 24.2 Å². The average Bonchev–Trinajstić information content (AvgIpc) is 3.32. The molecule has 12 heteroatoms. The van der Waals surface area contributed by atoms with Crippen molar-refractivity contribution in [3.05, 3.63) is 79.5 Å². The lowest BCUT2D eigenvalue weighted by Crippen LogP contribution is -2.43. The number of carboxylic acids is 1. The van der Waals surface area contributed by atoms with E-state index in [9.17, 15) is 19.5 Å². The summed E-state index contributed by atoms with van der Waals surface area (Å²) in [6, 6.07) is 7.03.